The molecule has 0 fully saturated rings. The van der Waals surface area contributed by atoms with Crippen LogP contribution >= 0.6 is 11.8 Å². The number of hydrogen-bond donors (Lipinski definition) is 1. The van der Waals surface area contributed by atoms with Crippen molar-refractivity contribution >= 4 is 46.2 Å². The Hall–Kier alpha value is -4.11. The first-order valence-corrected chi connectivity index (χ1v) is 11.7. The summed E-state index contributed by atoms with van der Waals surface area (Å²) in [6.07, 6.45) is 1.68. The first kappa shape index (κ1) is 22.7. The summed E-state index contributed by atoms with van der Waals surface area (Å²) >= 11 is 1.14. The van der Waals surface area contributed by atoms with Gasteiger partial charge in [-0.15, -0.1) is 0 Å². The van der Waals surface area contributed by atoms with Crippen molar-refractivity contribution in [2.75, 3.05) is 17.0 Å². The fraction of sp³-hybridized carbons (Fsp3) is 0.115. The SMILES string of the molecule is C[C@H](SC1=N/C(=C/c2ccccc2)C(=O)N1c1ccc(F)cc1)C(=O)Nc1ccc2c(c1)OCO2. The van der Waals surface area contributed by atoms with E-state index >= 15 is 0 Å². The van der Waals surface area contributed by atoms with E-state index < -0.39 is 11.1 Å². The van der Waals surface area contributed by atoms with E-state index in [0.29, 0.717) is 28.0 Å². The normalized spacial score (nSPS) is 16.4. The highest BCUT2D eigenvalue weighted by atomic mass is 32.2. The molecule has 5 rings (SSSR count). The number of nitrogens with one attached hydrogen (secondary N) is 1. The lowest BCUT2D eigenvalue weighted by Crippen LogP contribution is -2.33. The van der Waals surface area contributed by atoms with Crippen LogP contribution in [0.4, 0.5) is 15.8 Å². The zero-order valence-electron chi connectivity index (χ0n) is 18.6. The van der Waals surface area contributed by atoms with Gasteiger partial charge in [-0.3, -0.25) is 14.5 Å². The number of halogens is 1. The third-order valence-electron chi connectivity index (χ3n) is 5.31. The molecule has 3 aromatic carbocycles. The number of ether oxygens (including phenoxy) is 2. The number of aliphatic imine (C=N–C) groups is 1. The van der Waals surface area contributed by atoms with Crippen molar-refractivity contribution in [1.82, 2.24) is 0 Å². The second-order valence-corrected chi connectivity index (χ2v) is 9.08. The van der Waals surface area contributed by atoms with E-state index in [1.54, 1.807) is 31.2 Å². The van der Waals surface area contributed by atoms with Crippen molar-refractivity contribution in [3.8, 4) is 11.5 Å². The molecule has 0 aliphatic carbocycles. The predicted molar refractivity (Wildman–Crippen MR) is 134 cm³/mol. The van der Waals surface area contributed by atoms with E-state index in [1.165, 1.54) is 29.2 Å². The molecule has 176 valence electrons. The lowest BCUT2D eigenvalue weighted by molar-refractivity contribution is -0.115. The fourth-order valence-electron chi connectivity index (χ4n) is 3.53. The summed E-state index contributed by atoms with van der Waals surface area (Å²) in [5.41, 5.74) is 2.07. The Morgan fingerprint density at radius 2 is 1.83 bits per heavy atom. The second kappa shape index (κ2) is 9.63. The highest BCUT2D eigenvalue weighted by Gasteiger charge is 2.34. The smallest absolute Gasteiger partial charge is 0.283 e. The van der Waals surface area contributed by atoms with Crippen molar-refractivity contribution < 1.29 is 23.5 Å². The number of amidine groups is 1. The summed E-state index contributed by atoms with van der Waals surface area (Å²) in [6, 6.07) is 20.1. The van der Waals surface area contributed by atoms with Crippen LogP contribution < -0.4 is 19.7 Å². The van der Waals surface area contributed by atoms with Gasteiger partial charge < -0.3 is 14.8 Å². The molecule has 7 nitrogen and oxygen atoms in total. The quantitative estimate of drug-likeness (QED) is 0.507. The Balaban J connectivity index is 1.38. The number of amides is 2. The minimum Gasteiger partial charge on any atom is -0.454 e. The van der Waals surface area contributed by atoms with E-state index in [1.807, 2.05) is 30.3 Å². The number of rotatable bonds is 5. The topological polar surface area (TPSA) is 80.2 Å². The van der Waals surface area contributed by atoms with E-state index in [0.717, 1.165) is 17.3 Å². The molecule has 0 bridgehead atoms. The Morgan fingerprint density at radius 1 is 1.09 bits per heavy atom. The molecule has 2 heterocycles. The number of carbonyl (C=O) groups is 2. The van der Waals surface area contributed by atoms with Crippen molar-refractivity contribution in [1.29, 1.82) is 0 Å². The van der Waals surface area contributed by atoms with Crippen LogP contribution in [0.5, 0.6) is 11.5 Å². The van der Waals surface area contributed by atoms with Gasteiger partial charge in [0.2, 0.25) is 12.7 Å². The van der Waals surface area contributed by atoms with Crippen LogP contribution in [-0.2, 0) is 9.59 Å². The summed E-state index contributed by atoms with van der Waals surface area (Å²) in [7, 11) is 0. The highest BCUT2D eigenvalue weighted by molar-refractivity contribution is 8.15. The van der Waals surface area contributed by atoms with Crippen molar-refractivity contribution in [3.05, 3.63) is 89.9 Å². The molecule has 35 heavy (non-hydrogen) atoms. The van der Waals surface area contributed by atoms with E-state index in [2.05, 4.69) is 10.3 Å². The Bertz CT molecular complexity index is 1340. The first-order valence-electron chi connectivity index (χ1n) is 10.8. The molecule has 0 saturated carbocycles. The minimum absolute atomic E-state index is 0.144. The number of fused-ring (bicyclic) bond motifs is 1. The largest absolute Gasteiger partial charge is 0.454 e. The number of nitrogens with zero attached hydrogens (tertiary/aromatic N) is 2. The van der Waals surface area contributed by atoms with E-state index in [9.17, 15) is 14.0 Å². The third kappa shape index (κ3) is 4.90. The molecule has 3 aromatic rings. The van der Waals surface area contributed by atoms with Crippen LogP contribution in [0.15, 0.2) is 83.5 Å². The van der Waals surface area contributed by atoms with Gasteiger partial charge in [0.15, 0.2) is 16.7 Å². The van der Waals surface area contributed by atoms with Crippen molar-refractivity contribution in [2.24, 2.45) is 4.99 Å². The summed E-state index contributed by atoms with van der Waals surface area (Å²) in [5, 5.41) is 2.59. The molecular weight excluding hydrogens is 469 g/mol. The van der Waals surface area contributed by atoms with E-state index in [-0.39, 0.29) is 24.3 Å². The molecule has 0 unspecified atom stereocenters. The van der Waals surface area contributed by atoms with E-state index in [4.69, 9.17) is 9.47 Å². The molecule has 9 heteroatoms. The van der Waals surface area contributed by atoms with Crippen molar-refractivity contribution in [3.63, 3.8) is 0 Å². The average Bonchev–Trinajstić information content (AvgIpc) is 3.44. The fourth-order valence-corrected chi connectivity index (χ4v) is 4.46. The molecule has 2 amide bonds. The zero-order valence-corrected chi connectivity index (χ0v) is 19.4. The van der Waals surface area contributed by atoms with Gasteiger partial charge in [-0.1, -0.05) is 42.1 Å². The number of thioether (sulfide) groups is 1. The predicted octanol–water partition coefficient (Wildman–Crippen LogP) is 5.06. The standard InChI is InChI=1S/C26H20FN3O4S/c1-16(24(31)28-19-9-12-22-23(14-19)34-15-33-22)35-26-29-21(13-17-5-3-2-4-6-17)25(32)30(26)20-10-7-18(27)8-11-20/h2-14,16H,15H2,1H3,(H,28,31)/b21-13+/t16-/m0/s1. The van der Waals surface area contributed by atoms with Gasteiger partial charge in [-0.2, -0.15) is 0 Å². The maximum Gasteiger partial charge on any atom is 0.283 e. The van der Waals surface area contributed by atoms with Gasteiger partial charge >= 0.3 is 0 Å². The summed E-state index contributed by atoms with van der Waals surface area (Å²) < 4.78 is 24.2. The van der Waals surface area contributed by atoms with Crippen LogP contribution in [0.1, 0.15) is 12.5 Å². The molecular formula is C26H20FN3O4S. The maximum atomic E-state index is 13.5. The van der Waals surface area contributed by atoms with Crippen LogP contribution in [0.3, 0.4) is 0 Å². The first-order chi connectivity index (χ1) is 17.0. The van der Waals surface area contributed by atoms with Crippen LogP contribution in [-0.4, -0.2) is 29.0 Å². The van der Waals surface area contributed by atoms with Crippen molar-refractivity contribution in [2.45, 2.75) is 12.2 Å². The summed E-state index contributed by atoms with van der Waals surface area (Å²) in [4.78, 5) is 32.1. The van der Waals surface area contributed by atoms with Gasteiger partial charge in [0.1, 0.15) is 11.5 Å². The van der Waals surface area contributed by atoms with Crippen LogP contribution in [0.25, 0.3) is 6.08 Å². The molecule has 2 aliphatic heterocycles. The summed E-state index contributed by atoms with van der Waals surface area (Å²) in [5.74, 6) is 0.141. The molecule has 0 aromatic heterocycles. The number of hydrogen-bond acceptors (Lipinski definition) is 6. The maximum absolute atomic E-state index is 13.5. The highest BCUT2D eigenvalue weighted by Crippen LogP contribution is 2.35. The zero-order chi connectivity index (χ0) is 24.4. The average molecular weight is 490 g/mol. The molecule has 2 aliphatic rings. The Labute approximate surface area is 205 Å². The van der Waals surface area contributed by atoms with Gasteiger partial charge in [-0.05, 0) is 55.0 Å². The monoisotopic (exact) mass is 489 g/mol. The summed E-state index contributed by atoms with van der Waals surface area (Å²) in [6.45, 7) is 1.87. The number of carbonyl (C=O) groups excluding carboxylic acids is 2. The number of benzene rings is 3. The van der Waals surface area contributed by atoms with Gasteiger partial charge in [-0.25, -0.2) is 9.38 Å². The van der Waals surface area contributed by atoms with Gasteiger partial charge in [0.05, 0.1) is 10.9 Å². The minimum atomic E-state index is -0.592. The van der Waals surface area contributed by atoms with Crippen LogP contribution in [0, 0.1) is 5.82 Å². The number of anilines is 2. The van der Waals surface area contributed by atoms with Gasteiger partial charge in [0, 0.05) is 11.8 Å². The Kier molecular flexibility index (Phi) is 6.24. The molecule has 0 spiro atoms. The van der Waals surface area contributed by atoms with Gasteiger partial charge in [0.25, 0.3) is 5.91 Å². The lowest BCUT2D eigenvalue weighted by atomic mass is 10.2. The third-order valence-corrected chi connectivity index (χ3v) is 6.36. The second-order valence-electron chi connectivity index (χ2n) is 7.77. The van der Waals surface area contributed by atoms with Crippen LogP contribution in [0.2, 0.25) is 0 Å². The Morgan fingerprint density at radius 3 is 2.60 bits per heavy atom. The molecule has 0 saturated heterocycles. The molecule has 1 N–H and O–H groups in total. The lowest BCUT2D eigenvalue weighted by Gasteiger charge is -2.20. The molecule has 0 radical (unpaired) electrons. The molecule has 1 atom stereocenters.